The third-order valence-electron chi connectivity index (χ3n) is 1.86. The molecule has 2 aromatic rings. The van der Waals surface area contributed by atoms with Gasteiger partial charge >= 0.3 is 0 Å². The van der Waals surface area contributed by atoms with Gasteiger partial charge in [0, 0.05) is 5.39 Å². The molecule has 0 aliphatic carbocycles. The number of furan rings is 1. The molecule has 0 unspecified atom stereocenters. The molecule has 61 valence electrons. The number of nitrogens with zero attached hydrogens (tertiary/aromatic N) is 1. The number of hydrogen-bond donors (Lipinski definition) is 0. The van der Waals surface area contributed by atoms with E-state index in [4.69, 9.17) is 16.6 Å². The van der Waals surface area contributed by atoms with Crippen LogP contribution in [-0.4, -0.2) is 0 Å². The predicted octanol–water partition coefficient (Wildman–Crippen LogP) is 2.44. The molecule has 2 nitrogen and oxygen atoms in total. The monoisotopic (exact) mass is 168 g/mol. The van der Waals surface area contributed by atoms with Crippen LogP contribution >= 0.6 is 0 Å². The summed E-state index contributed by atoms with van der Waals surface area (Å²) < 4.78 is 5.08. The van der Waals surface area contributed by atoms with Crippen LogP contribution in [0.5, 0.6) is 0 Å². The summed E-state index contributed by atoms with van der Waals surface area (Å²) in [4.78, 5) is 0. The van der Waals surface area contributed by atoms with Gasteiger partial charge < -0.3 is 4.42 Å². The van der Waals surface area contributed by atoms with Crippen molar-refractivity contribution in [1.29, 1.82) is 5.26 Å². The van der Waals surface area contributed by atoms with Gasteiger partial charge in [0.1, 0.15) is 11.3 Å². The number of benzene rings is 1. The maximum Gasteiger partial charge on any atom is 0.134 e. The van der Waals surface area contributed by atoms with E-state index in [2.05, 4.69) is 6.07 Å². The van der Waals surface area contributed by atoms with Crippen LogP contribution in [0.1, 0.15) is 11.3 Å². The highest BCUT2D eigenvalue weighted by atomic mass is 16.3. The Morgan fingerprint density at radius 3 is 3.00 bits per heavy atom. The van der Waals surface area contributed by atoms with Gasteiger partial charge in [-0.3, -0.25) is 0 Å². The first-order chi connectivity index (χ1) is 6.29. The Morgan fingerprint density at radius 2 is 2.23 bits per heavy atom. The van der Waals surface area contributed by atoms with Gasteiger partial charge in [0.05, 0.1) is 19.4 Å². The second kappa shape index (κ2) is 2.95. The van der Waals surface area contributed by atoms with Crippen molar-refractivity contribution >= 4 is 11.0 Å². The van der Waals surface area contributed by atoms with Gasteiger partial charge in [0.25, 0.3) is 0 Å². The minimum Gasteiger partial charge on any atom is -0.460 e. The zero-order valence-electron chi connectivity index (χ0n) is 6.87. The topological polar surface area (TPSA) is 36.9 Å². The summed E-state index contributed by atoms with van der Waals surface area (Å²) in [5.41, 5.74) is 1.66. The summed E-state index contributed by atoms with van der Waals surface area (Å²) in [5.74, 6) is 0.157. The quantitative estimate of drug-likeness (QED) is 0.655. The molecule has 0 saturated carbocycles. The molecule has 1 aromatic heterocycles. The number of nitriles is 1. The predicted molar refractivity (Wildman–Crippen MR) is 47.9 cm³/mol. The first kappa shape index (κ1) is 7.88. The highest BCUT2D eigenvalue weighted by Gasteiger charge is 2.00. The third kappa shape index (κ3) is 1.41. The van der Waals surface area contributed by atoms with E-state index < -0.39 is 0 Å². The highest BCUT2D eigenvalue weighted by molar-refractivity contribution is 5.78. The van der Waals surface area contributed by atoms with E-state index >= 15 is 0 Å². The normalized spacial score (nSPS) is 10.2. The van der Waals surface area contributed by atoms with Crippen molar-refractivity contribution in [3.63, 3.8) is 0 Å². The largest absolute Gasteiger partial charge is 0.460 e. The molecule has 13 heavy (non-hydrogen) atoms. The van der Waals surface area contributed by atoms with Gasteiger partial charge in [-0.05, 0) is 23.8 Å². The molecule has 2 rings (SSSR count). The molecule has 0 spiro atoms. The number of hydrogen-bond acceptors (Lipinski definition) is 2. The Labute approximate surface area is 76.4 Å². The van der Waals surface area contributed by atoms with Gasteiger partial charge in [0.2, 0.25) is 0 Å². The SMILES string of the molecule is [C]c1cc2cc(CC#N)ccc2o1. The summed E-state index contributed by atoms with van der Waals surface area (Å²) in [6.07, 6.45) is 0.397. The highest BCUT2D eigenvalue weighted by Crippen LogP contribution is 2.20. The second-order valence-corrected chi connectivity index (χ2v) is 2.82. The Kier molecular flexibility index (Phi) is 1.79. The van der Waals surface area contributed by atoms with Crippen LogP contribution < -0.4 is 0 Å². The number of fused-ring (bicyclic) bond motifs is 1. The van der Waals surface area contributed by atoms with Crippen LogP contribution in [0.15, 0.2) is 28.7 Å². The van der Waals surface area contributed by atoms with Crippen molar-refractivity contribution in [2.45, 2.75) is 6.42 Å². The van der Waals surface area contributed by atoms with Crippen molar-refractivity contribution in [3.05, 3.63) is 42.5 Å². The van der Waals surface area contributed by atoms with E-state index in [1.165, 1.54) is 0 Å². The van der Waals surface area contributed by atoms with Crippen LogP contribution in [0.3, 0.4) is 0 Å². The zero-order chi connectivity index (χ0) is 9.26. The first-order valence-electron chi connectivity index (χ1n) is 3.90. The van der Waals surface area contributed by atoms with Crippen LogP contribution in [0.2, 0.25) is 0 Å². The van der Waals surface area contributed by atoms with E-state index in [1.807, 2.05) is 12.1 Å². The van der Waals surface area contributed by atoms with Gasteiger partial charge in [-0.15, -0.1) is 0 Å². The lowest BCUT2D eigenvalue weighted by atomic mass is 10.1. The molecule has 0 atom stereocenters. The fourth-order valence-electron chi connectivity index (χ4n) is 1.29. The van der Waals surface area contributed by atoms with Crippen LogP contribution in [0.25, 0.3) is 11.0 Å². The molecule has 0 fully saturated rings. The molecule has 0 aliphatic rings. The van der Waals surface area contributed by atoms with Crippen molar-refractivity contribution in [3.8, 4) is 6.07 Å². The van der Waals surface area contributed by atoms with E-state index in [1.54, 1.807) is 12.1 Å². The van der Waals surface area contributed by atoms with Crippen molar-refractivity contribution < 1.29 is 4.42 Å². The Balaban J connectivity index is 2.56. The van der Waals surface area contributed by atoms with Crippen LogP contribution in [0.4, 0.5) is 0 Å². The Hall–Kier alpha value is -1.75. The molecule has 0 saturated heterocycles. The average Bonchev–Trinajstić information content (AvgIpc) is 2.44. The van der Waals surface area contributed by atoms with Gasteiger partial charge in [-0.1, -0.05) is 6.07 Å². The van der Waals surface area contributed by atoms with Gasteiger partial charge in [-0.25, -0.2) is 0 Å². The lowest BCUT2D eigenvalue weighted by Gasteiger charge is -1.92. The Bertz CT molecular complexity index is 476. The smallest absolute Gasteiger partial charge is 0.134 e. The molecular formula is C11H6NO. The fraction of sp³-hybridized carbons (Fsp3) is 0.0909. The third-order valence-corrected chi connectivity index (χ3v) is 1.86. The van der Waals surface area contributed by atoms with Crippen molar-refractivity contribution in [2.24, 2.45) is 0 Å². The van der Waals surface area contributed by atoms with Gasteiger partial charge in [-0.2, -0.15) is 5.26 Å². The van der Waals surface area contributed by atoms with Gasteiger partial charge in [0.15, 0.2) is 0 Å². The van der Waals surface area contributed by atoms with Crippen molar-refractivity contribution in [1.82, 2.24) is 0 Å². The molecule has 1 heterocycles. The van der Waals surface area contributed by atoms with E-state index in [0.29, 0.717) is 12.0 Å². The lowest BCUT2D eigenvalue weighted by Crippen LogP contribution is -1.78. The molecule has 0 amide bonds. The van der Waals surface area contributed by atoms with Crippen LogP contribution in [0, 0.1) is 18.3 Å². The molecule has 1 aromatic carbocycles. The molecule has 2 heteroatoms. The molecule has 0 bridgehead atoms. The maximum atomic E-state index is 8.49. The molecular weight excluding hydrogens is 162 g/mol. The lowest BCUT2D eigenvalue weighted by molar-refractivity contribution is 0.595. The van der Waals surface area contributed by atoms with Crippen molar-refractivity contribution in [2.75, 3.05) is 0 Å². The Morgan fingerprint density at radius 1 is 1.38 bits per heavy atom. The van der Waals surface area contributed by atoms with Crippen LogP contribution in [-0.2, 0) is 6.42 Å². The maximum absolute atomic E-state index is 8.49. The summed E-state index contributed by atoms with van der Waals surface area (Å²) >= 11 is 0. The summed E-state index contributed by atoms with van der Waals surface area (Å²) in [5, 5.41) is 9.37. The fourth-order valence-corrected chi connectivity index (χ4v) is 1.29. The first-order valence-corrected chi connectivity index (χ1v) is 3.90. The second-order valence-electron chi connectivity index (χ2n) is 2.82. The zero-order valence-corrected chi connectivity index (χ0v) is 6.87. The van der Waals surface area contributed by atoms with E-state index in [0.717, 1.165) is 10.9 Å². The van der Waals surface area contributed by atoms with E-state index in [-0.39, 0.29) is 5.76 Å². The summed E-state index contributed by atoms with van der Waals surface area (Å²) in [6, 6.07) is 9.24. The molecule has 3 radical (unpaired) electrons. The minimum absolute atomic E-state index is 0.157. The molecule has 0 N–H and O–H groups in total. The molecule has 0 aliphatic heterocycles. The van der Waals surface area contributed by atoms with E-state index in [9.17, 15) is 0 Å². The standard InChI is InChI=1S/C11H6NO/c1-8-6-10-7-9(4-5-12)2-3-11(10)13-8/h2-3,6-7H,4H2. The minimum atomic E-state index is 0.157. The number of rotatable bonds is 1. The average molecular weight is 168 g/mol. The summed E-state index contributed by atoms with van der Waals surface area (Å²) in [7, 11) is 0. The summed E-state index contributed by atoms with van der Waals surface area (Å²) in [6.45, 7) is 7.26.